The first-order valence-electron chi connectivity index (χ1n) is 9.54. The Labute approximate surface area is 151 Å². The number of nitrogens with zero attached hydrogens (tertiary/aromatic N) is 2. The lowest BCUT2D eigenvalue weighted by Crippen LogP contribution is -2.46. The molecule has 25 heavy (non-hydrogen) atoms. The smallest absolute Gasteiger partial charge is 0.234 e. The number of carbonyl (C=O) groups excluding carboxylic acids is 1. The first-order chi connectivity index (χ1) is 12.1. The maximum Gasteiger partial charge on any atom is 0.234 e. The monoisotopic (exact) mass is 345 g/mol. The van der Waals surface area contributed by atoms with Gasteiger partial charge in [0.25, 0.3) is 0 Å². The normalized spacial score (nSPS) is 24.7. The van der Waals surface area contributed by atoms with E-state index in [2.05, 4.69) is 53.2 Å². The Balaban J connectivity index is 1.32. The van der Waals surface area contributed by atoms with Crippen LogP contribution in [0.3, 0.4) is 0 Å². The van der Waals surface area contributed by atoms with Crippen molar-refractivity contribution in [3.63, 3.8) is 0 Å². The largest absolute Gasteiger partial charge is 0.373 e. The van der Waals surface area contributed by atoms with Crippen LogP contribution in [0.15, 0.2) is 24.3 Å². The van der Waals surface area contributed by atoms with Gasteiger partial charge in [0.1, 0.15) is 0 Å². The van der Waals surface area contributed by atoms with Gasteiger partial charge in [0.05, 0.1) is 18.8 Å². The van der Waals surface area contributed by atoms with Gasteiger partial charge in [-0.25, -0.2) is 0 Å². The first kappa shape index (κ1) is 18.4. The second-order valence-corrected chi connectivity index (χ2v) is 7.45. The summed E-state index contributed by atoms with van der Waals surface area (Å²) in [6, 6.07) is 8.54. The molecular formula is C20H31N3O2. The van der Waals surface area contributed by atoms with Crippen LogP contribution in [0.1, 0.15) is 31.4 Å². The quantitative estimate of drug-likeness (QED) is 0.797. The van der Waals surface area contributed by atoms with Crippen LogP contribution in [-0.4, -0.2) is 67.2 Å². The Morgan fingerprint density at radius 1 is 1.16 bits per heavy atom. The molecule has 2 aliphatic heterocycles. The topological polar surface area (TPSA) is 44.8 Å². The fraction of sp³-hybridized carbons (Fsp3) is 0.650. The van der Waals surface area contributed by atoms with E-state index >= 15 is 0 Å². The number of ether oxygens (including phenoxy) is 1. The molecule has 1 aromatic carbocycles. The van der Waals surface area contributed by atoms with Gasteiger partial charge in [-0.05, 0) is 37.8 Å². The summed E-state index contributed by atoms with van der Waals surface area (Å²) in [7, 11) is 0. The average molecular weight is 345 g/mol. The number of fused-ring (bicyclic) bond motifs is 1. The third-order valence-corrected chi connectivity index (χ3v) is 5.05. The summed E-state index contributed by atoms with van der Waals surface area (Å²) in [4.78, 5) is 16.9. The van der Waals surface area contributed by atoms with Gasteiger partial charge < -0.3 is 10.1 Å². The van der Waals surface area contributed by atoms with Gasteiger partial charge in [-0.2, -0.15) is 0 Å². The second-order valence-electron chi connectivity index (χ2n) is 7.45. The van der Waals surface area contributed by atoms with Crippen molar-refractivity contribution in [1.82, 2.24) is 15.1 Å². The molecule has 0 aliphatic carbocycles. The van der Waals surface area contributed by atoms with Crippen LogP contribution in [0.4, 0.5) is 0 Å². The zero-order chi connectivity index (χ0) is 17.6. The van der Waals surface area contributed by atoms with E-state index in [-0.39, 0.29) is 5.91 Å². The van der Waals surface area contributed by atoms with Crippen molar-refractivity contribution in [2.75, 3.05) is 39.3 Å². The Kier molecular flexibility index (Phi) is 6.45. The summed E-state index contributed by atoms with van der Waals surface area (Å²) in [6.45, 7) is 10.4. The van der Waals surface area contributed by atoms with E-state index in [1.54, 1.807) is 0 Å². The van der Waals surface area contributed by atoms with Crippen LogP contribution in [0.5, 0.6) is 0 Å². The standard InChI is InChI=1S/C20H31N3O2/c1-16-12-22(13-17(2)25-16)10-5-9-21-20(24)15-23-11-8-18-6-3-4-7-19(18)14-23/h3-4,6-7,16-17H,5,8-15H2,1-2H3,(H,21,24)/t16-,17+. The number of amides is 1. The Bertz CT molecular complexity index is 568. The molecule has 1 aromatic rings. The molecule has 1 amide bonds. The van der Waals surface area contributed by atoms with Crippen molar-refractivity contribution in [3.8, 4) is 0 Å². The maximum absolute atomic E-state index is 12.2. The number of rotatable bonds is 6. The van der Waals surface area contributed by atoms with Crippen LogP contribution >= 0.6 is 0 Å². The lowest BCUT2D eigenvalue weighted by molar-refractivity contribution is -0.122. The van der Waals surface area contributed by atoms with Crippen molar-refractivity contribution < 1.29 is 9.53 Å². The van der Waals surface area contributed by atoms with E-state index in [0.717, 1.165) is 52.1 Å². The number of hydrogen-bond donors (Lipinski definition) is 1. The highest BCUT2D eigenvalue weighted by Gasteiger charge is 2.21. The van der Waals surface area contributed by atoms with Gasteiger partial charge in [-0.1, -0.05) is 24.3 Å². The molecule has 0 saturated carbocycles. The molecule has 2 heterocycles. The van der Waals surface area contributed by atoms with Gasteiger partial charge >= 0.3 is 0 Å². The molecule has 5 heteroatoms. The van der Waals surface area contributed by atoms with E-state index in [4.69, 9.17) is 4.74 Å². The first-order valence-corrected chi connectivity index (χ1v) is 9.54. The number of morpholine rings is 1. The predicted molar refractivity (Wildman–Crippen MR) is 99.5 cm³/mol. The highest BCUT2D eigenvalue weighted by atomic mass is 16.5. The summed E-state index contributed by atoms with van der Waals surface area (Å²) in [5.74, 6) is 0.142. The lowest BCUT2D eigenvalue weighted by Gasteiger charge is -2.35. The van der Waals surface area contributed by atoms with Gasteiger partial charge in [0.2, 0.25) is 5.91 Å². The molecule has 2 atom stereocenters. The van der Waals surface area contributed by atoms with E-state index in [9.17, 15) is 4.79 Å². The van der Waals surface area contributed by atoms with E-state index in [1.165, 1.54) is 11.1 Å². The summed E-state index contributed by atoms with van der Waals surface area (Å²) in [5.41, 5.74) is 2.78. The van der Waals surface area contributed by atoms with Gasteiger partial charge in [0.15, 0.2) is 0 Å². The minimum atomic E-state index is 0.142. The SMILES string of the molecule is C[C@@H]1CN(CCCNC(=O)CN2CCc3ccccc3C2)C[C@H](C)O1. The molecule has 0 spiro atoms. The molecule has 3 rings (SSSR count). The van der Waals surface area contributed by atoms with Gasteiger partial charge in [-0.3, -0.25) is 14.6 Å². The molecule has 0 unspecified atom stereocenters. The van der Waals surface area contributed by atoms with E-state index in [0.29, 0.717) is 18.8 Å². The van der Waals surface area contributed by atoms with Crippen molar-refractivity contribution in [2.45, 2.75) is 45.4 Å². The number of nitrogens with one attached hydrogen (secondary N) is 1. The molecule has 1 fully saturated rings. The number of hydrogen-bond acceptors (Lipinski definition) is 4. The summed E-state index contributed by atoms with van der Waals surface area (Å²) < 4.78 is 5.75. The summed E-state index contributed by atoms with van der Waals surface area (Å²) in [5, 5.41) is 3.08. The number of carbonyl (C=O) groups is 1. The second kappa shape index (κ2) is 8.79. The van der Waals surface area contributed by atoms with Crippen molar-refractivity contribution in [2.24, 2.45) is 0 Å². The van der Waals surface area contributed by atoms with Gasteiger partial charge in [-0.15, -0.1) is 0 Å². The predicted octanol–water partition coefficient (Wildman–Crippen LogP) is 1.66. The average Bonchev–Trinajstić information content (AvgIpc) is 2.58. The highest BCUT2D eigenvalue weighted by Crippen LogP contribution is 2.17. The van der Waals surface area contributed by atoms with Crippen LogP contribution < -0.4 is 5.32 Å². The molecule has 1 saturated heterocycles. The third-order valence-electron chi connectivity index (χ3n) is 5.05. The molecule has 5 nitrogen and oxygen atoms in total. The lowest BCUT2D eigenvalue weighted by atomic mass is 10.00. The molecule has 1 N–H and O–H groups in total. The molecule has 0 bridgehead atoms. The van der Waals surface area contributed by atoms with E-state index in [1.807, 2.05) is 0 Å². The fourth-order valence-electron chi connectivity index (χ4n) is 3.95. The molecule has 0 aromatic heterocycles. The van der Waals surface area contributed by atoms with Crippen LogP contribution in [0, 0.1) is 0 Å². The fourth-order valence-corrected chi connectivity index (χ4v) is 3.95. The molecule has 138 valence electrons. The molecule has 0 radical (unpaired) electrons. The molecular weight excluding hydrogens is 314 g/mol. The Hall–Kier alpha value is -1.43. The zero-order valence-electron chi connectivity index (χ0n) is 15.5. The highest BCUT2D eigenvalue weighted by molar-refractivity contribution is 5.78. The maximum atomic E-state index is 12.2. The Morgan fingerprint density at radius 2 is 1.88 bits per heavy atom. The Morgan fingerprint density at radius 3 is 2.64 bits per heavy atom. The van der Waals surface area contributed by atoms with Crippen LogP contribution in [0.25, 0.3) is 0 Å². The minimum Gasteiger partial charge on any atom is -0.373 e. The van der Waals surface area contributed by atoms with Crippen molar-refractivity contribution >= 4 is 5.91 Å². The van der Waals surface area contributed by atoms with E-state index < -0.39 is 0 Å². The third kappa shape index (κ3) is 5.53. The summed E-state index contributed by atoms with van der Waals surface area (Å²) in [6.07, 6.45) is 2.64. The zero-order valence-corrected chi connectivity index (χ0v) is 15.5. The van der Waals surface area contributed by atoms with Gasteiger partial charge in [0, 0.05) is 39.3 Å². The molecule has 2 aliphatic rings. The number of benzene rings is 1. The van der Waals surface area contributed by atoms with Crippen molar-refractivity contribution in [1.29, 1.82) is 0 Å². The van der Waals surface area contributed by atoms with Crippen LogP contribution in [0.2, 0.25) is 0 Å². The summed E-state index contributed by atoms with van der Waals surface area (Å²) >= 11 is 0. The van der Waals surface area contributed by atoms with Crippen molar-refractivity contribution in [3.05, 3.63) is 35.4 Å². The minimum absolute atomic E-state index is 0.142. The van der Waals surface area contributed by atoms with Crippen LogP contribution in [-0.2, 0) is 22.5 Å².